The Labute approximate surface area is 153 Å². The molecular formula is C17H18Br2N2O2. The molecule has 1 amide bonds. The quantitative estimate of drug-likeness (QED) is 0.736. The molecule has 0 spiro atoms. The van der Waals surface area contributed by atoms with Gasteiger partial charge in [-0.25, -0.2) is 0 Å². The molecule has 4 nitrogen and oxygen atoms in total. The monoisotopic (exact) mass is 440 g/mol. The predicted octanol–water partition coefficient (Wildman–Crippen LogP) is 4.60. The highest BCUT2D eigenvalue weighted by Crippen LogP contribution is 2.32. The summed E-state index contributed by atoms with van der Waals surface area (Å²) in [5.74, 6) is 0.475. The molecule has 0 radical (unpaired) electrons. The summed E-state index contributed by atoms with van der Waals surface area (Å²) < 4.78 is 7.40. The number of hydrogen-bond acceptors (Lipinski definition) is 3. The number of anilines is 2. The molecule has 0 fully saturated rings. The summed E-state index contributed by atoms with van der Waals surface area (Å²) >= 11 is 6.86. The lowest BCUT2D eigenvalue weighted by Crippen LogP contribution is -2.20. The molecule has 0 aliphatic rings. The van der Waals surface area contributed by atoms with Crippen LogP contribution in [0.1, 0.15) is 5.56 Å². The van der Waals surface area contributed by atoms with Crippen molar-refractivity contribution < 1.29 is 9.53 Å². The molecule has 6 heteroatoms. The third-order valence-electron chi connectivity index (χ3n) is 3.21. The first kappa shape index (κ1) is 17.8. The molecule has 0 aliphatic heterocycles. The number of amides is 1. The minimum Gasteiger partial charge on any atom is -0.482 e. The van der Waals surface area contributed by atoms with Gasteiger partial charge in [0.2, 0.25) is 0 Å². The van der Waals surface area contributed by atoms with Crippen molar-refractivity contribution in [3.05, 3.63) is 50.9 Å². The highest BCUT2D eigenvalue weighted by atomic mass is 79.9. The van der Waals surface area contributed by atoms with Crippen molar-refractivity contribution in [1.29, 1.82) is 0 Å². The SMILES string of the molecule is Cc1cc(Br)cc(Br)c1OCC(=O)Nc1ccc(N(C)C)cc1. The number of nitrogens with zero attached hydrogens (tertiary/aromatic N) is 1. The fourth-order valence-electron chi connectivity index (χ4n) is 2.05. The molecule has 23 heavy (non-hydrogen) atoms. The summed E-state index contributed by atoms with van der Waals surface area (Å²) in [6.07, 6.45) is 0. The van der Waals surface area contributed by atoms with E-state index in [1.54, 1.807) is 0 Å². The van der Waals surface area contributed by atoms with E-state index in [-0.39, 0.29) is 12.5 Å². The third-order valence-corrected chi connectivity index (χ3v) is 4.26. The van der Waals surface area contributed by atoms with E-state index in [2.05, 4.69) is 37.2 Å². The topological polar surface area (TPSA) is 41.6 Å². The smallest absolute Gasteiger partial charge is 0.262 e. The summed E-state index contributed by atoms with van der Waals surface area (Å²) in [6.45, 7) is 1.89. The van der Waals surface area contributed by atoms with Crippen LogP contribution in [0.3, 0.4) is 0 Å². The van der Waals surface area contributed by atoms with Crippen molar-refractivity contribution in [2.75, 3.05) is 30.9 Å². The first-order chi connectivity index (χ1) is 10.9. The zero-order chi connectivity index (χ0) is 17.0. The number of nitrogens with one attached hydrogen (secondary N) is 1. The molecule has 0 aromatic heterocycles. The molecule has 0 saturated carbocycles. The van der Waals surface area contributed by atoms with Gasteiger partial charge in [0.25, 0.3) is 5.91 Å². The van der Waals surface area contributed by atoms with Gasteiger partial charge in [-0.15, -0.1) is 0 Å². The van der Waals surface area contributed by atoms with Crippen molar-refractivity contribution in [3.8, 4) is 5.75 Å². The zero-order valence-electron chi connectivity index (χ0n) is 13.2. The van der Waals surface area contributed by atoms with Gasteiger partial charge in [0.1, 0.15) is 5.75 Å². The molecule has 0 saturated heterocycles. The molecule has 0 atom stereocenters. The second-order valence-corrected chi connectivity index (χ2v) is 7.08. The van der Waals surface area contributed by atoms with Gasteiger partial charge in [-0.1, -0.05) is 15.9 Å². The average molecular weight is 442 g/mol. The second-order valence-electron chi connectivity index (χ2n) is 5.31. The Morgan fingerprint density at radius 2 is 1.83 bits per heavy atom. The maximum atomic E-state index is 12.0. The number of rotatable bonds is 5. The van der Waals surface area contributed by atoms with E-state index >= 15 is 0 Å². The number of benzene rings is 2. The van der Waals surface area contributed by atoms with Gasteiger partial charge in [0.05, 0.1) is 4.47 Å². The summed E-state index contributed by atoms with van der Waals surface area (Å²) in [5, 5.41) is 2.82. The van der Waals surface area contributed by atoms with Gasteiger partial charge in [-0.2, -0.15) is 0 Å². The minimum atomic E-state index is -0.197. The largest absolute Gasteiger partial charge is 0.482 e. The average Bonchev–Trinajstić information content (AvgIpc) is 2.46. The zero-order valence-corrected chi connectivity index (χ0v) is 16.4. The molecule has 0 unspecified atom stereocenters. The molecule has 2 aromatic carbocycles. The Balaban J connectivity index is 1.95. The van der Waals surface area contributed by atoms with Crippen LogP contribution in [-0.2, 0) is 4.79 Å². The van der Waals surface area contributed by atoms with Gasteiger partial charge >= 0.3 is 0 Å². The van der Waals surface area contributed by atoms with Crippen LogP contribution >= 0.6 is 31.9 Å². The van der Waals surface area contributed by atoms with E-state index in [0.29, 0.717) is 5.75 Å². The van der Waals surface area contributed by atoms with Crippen molar-refractivity contribution in [2.24, 2.45) is 0 Å². The number of carbonyl (C=O) groups is 1. The molecule has 0 aliphatic carbocycles. The Kier molecular flexibility index (Phi) is 6.07. The second kappa shape index (κ2) is 7.84. The predicted molar refractivity (Wildman–Crippen MR) is 101 cm³/mol. The molecular weight excluding hydrogens is 424 g/mol. The van der Waals surface area contributed by atoms with Crippen LogP contribution in [0.2, 0.25) is 0 Å². The molecule has 2 rings (SSSR count). The Morgan fingerprint density at radius 3 is 2.39 bits per heavy atom. The van der Waals surface area contributed by atoms with E-state index in [9.17, 15) is 4.79 Å². The summed E-state index contributed by atoms with van der Waals surface area (Å²) in [5.41, 5.74) is 2.78. The van der Waals surface area contributed by atoms with Crippen molar-refractivity contribution in [1.82, 2.24) is 0 Å². The van der Waals surface area contributed by atoms with Crippen LogP contribution in [0, 0.1) is 6.92 Å². The fraction of sp³-hybridized carbons (Fsp3) is 0.235. The van der Waals surface area contributed by atoms with Crippen LogP contribution in [0.25, 0.3) is 0 Å². The first-order valence-corrected chi connectivity index (χ1v) is 8.61. The maximum Gasteiger partial charge on any atom is 0.262 e. The van der Waals surface area contributed by atoms with Crippen molar-refractivity contribution in [2.45, 2.75) is 6.92 Å². The Hall–Kier alpha value is -1.53. The lowest BCUT2D eigenvalue weighted by atomic mass is 10.2. The Morgan fingerprint density at radius 1 is 1.17 bits per heavy atom. The lowest BCUT2D eigenvalue weighted by molar-refractivity contribution is -0.118. The number of ether oxygens (including phenoxy) is 1. The van der Waals surface area contributed by atoms with Crippen molar-refractivity contribution in [3.63, 3.8) is 0 Å². The Bertz CT molecular complexity index is 677. The van der Waals surface area contributed by atoms with E-state index < -0.39 is 0 Å². The molecule has 2 aromatic rings. The maximum absolute atomic E-state index is 12.0. The highest BCUT2D eigenvalue weighted by Gasteiger charge is 2.10. The molecule has 0 bridgehead atoms. The lowest BCUT2D eigenvalue weighted by Gasteiger charge is -2.14. The van der Waals surface area contributed by atoms with Gasteiger partial charge in [0, 0.05) is 29.9 Å². The highest BCUT2D eigenvalue weighted by molar-refractivity contribution is 9.11. The molecule has 0 heterocycles. The summed E-state index contributed by atoms with van der Waals surface area (Å²) in [7, 11) is 3.94. The van der Waals surface area contributed by atoms with Crippen LogP contribution in [0.5, 0.6) is 5.75 Å². The van der Waals surface area contributed by atoms with Crippen LogP contribution in [-0.4, -0.2) is 26.6 Å². The number of carbonyl (C=O) groups excluding carboxylic acids is 1. The number of halogens is 2. The standard InChI is InChI=1S/C17H18Br2N2O2/c1-11-8-12(18)9-15(19)17(11)23-10-16(22)20-13-4-6-14(7-5-13)21(2)3/h4-9H,10H2,1-3H3,(H,20,22). The summed E-state index contributed by atoms with van der Waals surface area (Å²) in [4.78, 5) is 14.0. The first-order valence-electron chi connectivity index (χ1n) is 7.02. The van der Waals surface area contributed by atoms with Gasteiger partial charge < -0.3 is 15.0 Å². The van der Waals surface area contributed by atoms with Crippen LogP contribution < -0.4 is 15.0 Å². The van der Waals surface area contributed by atoms with Crippen molar-refractivity contribution >= 4 is 49.1 Å². The van der Waals surface area contributed by atoms with E-state index in [4.69, 9.17) is 4.74 Å². The number of aryl methyl sites for hydroxylation is 1. The molecule has 1 N–H and O–H groups in total. The molecule has 122 valence electrons. The van der Waals surface area contributed by atoms with Crippen LogP contribution in [0.4, 0.5) is 11.4 Å². The van der Waals surface area contributed by atoms with Gasteiger partial charge in [0.15, 0.2) is 6.61 Å². The van der Waals surface area contributed by atoms with E-state index in [1.165, 1.54) is 0 Å². The van der Waals surface area contributed by atoms with Gasteiger partial charge in [-0.3, -0.25) is 4.79 Å². The summed E-state index contributed by atoms with van der Waals surface area (Å²) in [6, 6.07) is 11.5. The van der Waals surface area contributed by atoms with E-state index in [0.717, 1.165) is 25.9 Å². The fourth-order valence-corrected chi connectivity index (χ4v) is 3.60. The van der Waals surface area contributed by atoms with Gasteiger partial charge in [-0.05, 0) is 64.8 Å². The van der Waals surface area contributed by atoms with Crippen LogP contribution in [0.15, 0.2) is 45.3 Å². The third kappa shape index (κ3) is 4.97. The number of hydrogen-bond donors (Lipinski definition) is 1. The minimum absolute atomic E-state index is 0.0451. The normalized spacial score (nSPS) is 10.3. The van der Waals surface area contributed by atoms with E-state index in [1.807, 2.05) is 62.3 Å².